The number of benzene rings is 2. The summed E-state index contributed by atoms with van der Waals surface area (Å²) in [6.07, 6.45) is 3.54. The van der Waals surface area contributed by atoms with Gasteiger partial charge in [-0.25, -0.2) is 0 Å². The first kappa shape index (κ1) is 19.5. The Hall–Kier alpha value is -2.80. The van der Waals surface area contributed by atoms with Crippen molar-refractivity contribution in [3.8, 4) is 5.69 Å². The molecule has 0 bridgehead atoms. The van der Waals surface area contributed by atoms with E-state index in [9.17, 15) is 4.79 Å². The van der Waals surface area contributed by atoms with Gasteiger partial charge < -0.3 is 10.6 Å². The van der Waals surface area contributed by atoms with Crippen molar-refractivity contribution >= 4 is 23.6 Å². The van der Waals surface area contributed by atoms with E-state index in [-0.39, 0.29) is 5.91 Å². The van der Waals surface area contributed by atoms with E-state index in [0.717, 1.165) is 43.1 Å². The third-order valence-electron chi connectivity index (χ3n) is 5.13. The number of aromatic nitrogens is 3. The highest BCUT2D eigenvalue weighted by Gasteiger charge is 2.26. The zero-order chi connectivity index (χ0) is 20.2. The van der Waals surface area contributed by atoms with Crippen molar-refractivity contribution in [2.75, 3.05) is 18.0 Å². The fraction of sp³-hybridized carbons (Fsp3) is 0.318. The van der Waals surface area contributed by atoms with E-state index in [1.54, 1.807) is 0 Å². The van der Waals surface area contributed by atoms with Gasteiger partial charge in [-0.1, -0.05) is 59.8 Å². The zero-order valence-corrected chi connectivity index (χ0v) is 17.3. The van der Waals surface area contributed by atoms with Crippen LogP contribution in [0.4, 0.5) is 5.95 Å². The molecule has 0 spiro atoms. The van der Waals surface area contributed by atoms with Gasteiger partial charge in [0.15, 0.2) is 5.16 Å². The number of hydrogen-bond acceptors (Lipinski definition) is 5. The lowest BCUT2D eigenvalue weighted by molar-refractivity contribution is -0.117. The van der Waals surface area contributed by atoms with Gasteiger partial charge in [-0.2, -0.15) is 0 Å². The number of carbonyl (C=O) groups excluding carboxylic acids is 1. The molecule has 1 amide bonds. The van der Waals surface area contributed by atoms with Crippen molar-refractivity contribution in [2.24, 2.45) is 5.73 Å². The molecule has 2 aromatic carbocycles. The predicted octanol–water partition coefficient (Wildman–Crippen LogP) is 3.88. The summed E-state index contributed by atoms with van der Waals surface area (Å²) in [6.45, 7) is 3.99. The molecular weight excluding hydrogens is 382 g/mol. The molecule has 0 saturated carbocycles. The average molecular weight is 408 g/mol. The van der Waals surface area contributed by atoms with E-state index in [1.165, 1.54) is 23.7 Å². The quantitative estimate of drug-likeness (QED) is 0.628. The number of amides is 1. The number of anilines is 1. The number of rotatable bonds is 6. The molecule has 1 aliphatic heterocycles. The number of piperidine rings is 1. The summed E-state index contributed by atoms with van der Waals surface area (Å²) >= 11 is 1.35. The van der Waals surface area contributed by atoms with Gasteiger partial charge >= 0.3 is 0 Å². The second-order valence-electron chi connectivity index (χ2n) is 7.31. The molecule has 2 N–H and O–H groups in total. The van der Waals surface area contributed by atoms with E-state index >= 15 is 0 Å². The minimum absolute atomic E-state index is 0.390. The van der Waals surface area contributed by atoms with Gasteiger partial charge in [0.1, 0.15) is 5.25 Å². The molecule has 1 aromatic heterocycles. The molecular formula is C22H25N5OS. The van der Waals surface area contributed by atoms with Crippen LogP contribution in [-0.2, 0) is 4.79 Å². The minimum Gasteiger partial charge on any atom is -0.368 e. The molecule has 7 heteroatoms. The molecule has 0 radical (unpaired) electrons. The summed E-state index contributed by atoms with van der Waals surface area (Å²) in [5.74, 6) is 0.437. The van der Waals surface area contributed by atoms with Crippen molar-refractivity contribution in [1.29, 1.82) is 0 Å². The predicted molar refractivity (Wildman–Crippen MR) is 116 cm³/mol. The maximum atomic E-state index is 12.2. The summed E-state index contributed by atoms with van der Waals surface area (Å²) in [5, 5.41) is 9.11. The van der Waals surface area contributed by atoms with Crippen molar-refractivity contribution in [3.05, 3.63) is 65.7 Å². The van der Waals surface area contributed by atoms with Crippen LogP contribution in [0.5, 0.6) is 0 Å². The largest absolute Gasteiger partial charge is 0.368 e. The molecule has 1 fully saturated rings. The Morgan fingerprint density at radius 1 is 1.00 bits per heavy atom. The molecule has 1 saturated heterocycles. The lowest BCUT2D eigenvalue weighted by Crippen LogP contribution is -2.31. The highest BCUT2D eigenvalue weighted by atomic mass is 32.2. The van der Waals surface area contributed by atoms with Crippen molar-refractivity contribution in [3.63, 3.8) is 0 Å². The van der Waals surface area contributed by atoms with Crippen LogP contribution in [-0.4, -0.2) is 33.8 Å². The minimum atomic E-state index is -0.529. The second kappa shape index (κ2) is 8.69. The SMILES string of the molecule is Cc1ccc(-n2c(S[C@@H](C(N)=O)c3ccccc3)nnc2N2CCCCC2)cc1. The van der Waals surface area contributed by atoms with Crippen LogP contribution in [0.25, 0.3) is 5.69 Å². The van der Waals surface area contributed by atoms with Gasteiger partial charge in [-0.3, -0.25) is 9.36 Å². The average Bonchev–Trinajstić information content (AvgIpc) is 3.17. The van der Waals surface area contributed by atoms with Crippen LogP contribution in [0.1, 0.15) is 35.6 Å². The van der Waals surface area contributed by atoms with Gasteiger partial charge in [-0.05, 0) is 43.9 Å². The number of aryl methyl sites for hydroxylation is 1. The Morgan fingerprint density at radius 3 is 2.34 bits per heavy atom. The molecule has 150 valence electrons. The summed E-state index contributed by atoms with van der Waals surface area (Å²) in [7, 11) is 0. The molecule has 0 unspecified atom stereocenters. The molecule has 4 rings (SSSR count). The van der Waals surface area contributed by atoms with E-state index in [0.29, 0.717) is 5.16 Å². The summed E-state index contributed by atoms with van der Waals surface area (Å²) < 4.78 is 2.05. The van der Waals surface area contributed by atoms with E-state index < -0.39 is 5.25 Å². The fourth-order valence-corrected chi connectivity index (χ4v) is 4.58. The van der Waals surface area contributed by atoms with Crippen molar-refractivity contribution in [2.45, 2.75) is 36.6 Å². The fourth-order valence-electron chi connectivity index (χ4n) is 3.58. The Labute approximate surface area is 175 Å². The summed E-state index contributed by atoms with van der Waals surface area (Å²) in [6, 6.07) is 17.9. The highest BCUT2D eigenvalue weighted by molar-refractivity contribution is 8.00. The normalized spacial score (nSPS) is 15.3. The second-order valence-corrected chi connectivity index (χ2v) is 8.38. The molecule has 29 heavy (non-hydrogen) atoms. The molecule has 1 aliphatic rings. The van der Waals surface area contributed by atoms with Crippen LogP contribution in [0.2, 0.25) is 0 Å². The van der Waals surface area contributed by atoms with E-state index in [1.807, 2.05) is 34.9 Å². The smallest absolute Gasteiger partial charge is 0.235 e. The van der Waals surface area contributed by atoms with Crippen LogP contribution >= 0.6 is 11.8 Å². The Bertz CT molecular complexity index is 965. The monoisotopic (exact) mass is 407 g/mol. The Balaban J connectivity index is 1.75. The van der Waals surface area contributed by atoms with Crippen LogP contribution in [0, 0.1) is 6.92 Å². The van der Waals surface area contributed by atoms with Crippen molar-refractivity contribution < 1.29 is 4.79 Å². The Kier molecular flexibility index (Phi) is 5.85. The molecule has 6 nitrogen and oxygen atoms in total. The van der Waals surface area contributed by atoms with Crippen LogP contribution in [0.3, 0.4) is 0 Å². The zero-order valence-electron chi connectivity index (χ0n) is 16.5. The topological polar surface area (TPSA) is 77.0 Å². The highest BCUT2D eigenvalue weighted by Crippen LogP contribution is 2.37. The molecule has 1 atom stereocenters. The number of carbonyl (C=O) groups is 1. The van der Waals surface area contributed by atoms with E-state index in [4.69, 9.17) is 5.73 Å². The maximum absolute atomic E-state index is 12.2. The lowest BCUT2D eigenvalue weighted by Gasteiger charge is -2.28. The molecule has 2 heterocycles. The van der Waals surface area contributed by atoms with Crippen LogP contribution < -0.4 is 10.6 Å². The summed E-state index contributed by atoms with van der Waals surface area (Å²) in [4.78, 5) is 14.5. The van der Waals surface area contributed by atoms with Gasteiger partial charge in [-0.15, -0.1) is 10.2 Å². The third kappa shape index (κ3) is 4.29. The lowest BCUT2D eigenvalue weighted by atomic mass is 10.1. The maximum Gasteiger partial charge on any atom is 0.235 e. The first-order chi connectivity index (χ1) is 14.1. The summed E-state index contributed by atoms with van der Waals surface area (Å²) in [5.41, 5.74) is 8.79. The standard InChI is InChI=1S/C22H25N5OS/c1-16-10-12-18(13-11-16)27-21(26-14-6-3-7-15-26)24-25-22(27)29-19(20(23)28)17-8-4-2-5-9-17/h2,4-5,8-13,19H,3,6-7,14-15H2,1H3,(H2,23,28)/t19-/m1/s1. The number of nitrogens with zero attached hydrogens (tertiary/aromatic N) is 4. The number of hydrogen-bond donors (Lipinski definition) is 1. The van der Waals surface area contributed by atoms with Crippen LogP contribution in [0.15, 0.2) is 59.8 Å². The first-order valence-corrected chi connectivity index (χ1v) is 10.8. The third-order valence-corrected chi connectivity index (χ3v) is 6.35. The number of nitrogens with two attached hydrogens (primary N) is 1. The van der Waals surface area contributed by atoms with Gasteiger partial charge in [0, 0.05) is 13.1 Å². The van der Waals surface area contributed by atoms with Crippen molar-refractivity contribution in [1.82, 2.24) is 14.8 Å². The van der Waals surface area contributed by atoms with Gasteiger partial charge in [0.05, 0.1) is 5.69 Å². The number of primary amides is 1. The van der Waals surface area contributed by atoms with Gasteiger partial charge in [0.25, 0.3) is 0 Å². The van der Waals surface area contributed by atoms with Gasteiger partial charge in [0.2, 0.25) is 11.9 Å². The van der Waals surface area contributed by atoms with E-state index in [2.05, 4.69) is 46.3 Å². The number of thioether (sulfide) groups is 1. The molecule has 3 aromatic rings. The first-order valence-electron chi connectivity index (χ1n) is 9.92. The Morgan fingerprint density at radius 2 is 1.69 bits per heavy atom. The molecule has 0 aliphatic carbocycles.